The van der Waals surface area contributed by atoms with Crippen LogP contribution in [0.5, 0.6) is 5.75 Å². The Bertz CT molecular complexity index is 1270. The van der Waals surface area contributed by atoms with Crippen LogP contribution in [0.15, 0.2) is 64.8 Å². The van der Waals surface area contributed by atoms with E-state index in [-0.39, 0.29) is 18.0 Å². The molecule has 0 aliphatic heterocycles. The molecule has 0 atom stereocenters. The number of nitrogens with zero attached hydrogens (tertiary/aromatic N) is 2. The topological polar surface area (TPSA) is 87.3 Å². The Morgan fingerprint density at radius 2 is 1.91 bits per heavy atom. The number of carbonyl (C=O) groups is 1. The number of aromatic nitrogens is 2. The van der Waals surface area contributed by atoms with Crippen LogP contribution >= 0.6 is 11.3 Å². The molecule has 0 unspecified atom stereocenters. The van der Waals surface area contributed by atoms with Crippen molar-refractivity contribution in [1.82, 2.24) is 14.9 Å². The van der Waals surface area contributed by atoms with Crippen LogP contribution in [-0.2, 0) is 11.3 Å². The average Bonchev–Trinajstić information content (AvgIpc) is 3.24. The Labute approximate surface area is 189 Å². The van der Waals surface area contributed by atoms with Gasteiger partial charge in [0, 0.05) is 16.6 Å². The predicted octanol–water partition coefficient (Wildman–Crippen LogP) is 4.12. The molecule has 4 rings (SSSR count). The first-order valence-corrected chi connectivity index (χ1v) is 11.2. The first-order chi connectivity index (χ1) is 15.6. The van der Waals surface area contributed by atoms with Crippen LogP contribution in [-0.4, -0.2) is 41.0 Å². The van der Waals surface area contributed by atoms with Gasteiger partial charge in [-0.2, -0.15) is 0 Å². The fraction of sp³-hybridized carbons (Fsp3) is 0.208. The van der Waals surface area contributed by atoms with Gasteiger partial charge >= 0.3 is 0 Å². The Kier molecular flexibility index (Phi) is 6.63. The van der Waals surface area contributed by atoms with Crippen molar-refractivity contribution in [3.63, 3.8) is 0 Å². The molecule has 164 valence electrons. The van der Waals surface area contributed by atoms with E-state index in [0.29, 0.717) is 34.8 Å². The number of anilines is 1. The van der Waals surface area contributed by atoms with Crippen LogP contribution in [0.2, 0.25) is 0 Å². The second kappa shape index (κ2) is 9.76. The minimum absolute atomic E-state index is 0.136. The monoisotopic (exact) mass is 448 g/mol. The third-order valence-corrected chi connectivity index (χ3v) is 6.01. The van der Waals surface area contributed by atoms with Crippen LogP contribution in [0.25, 0.3) is 21.3 Å². The van der Waals surface area contributed by atoms with Crippen molar-refractivity contribution < 1.29 is 9.53 Å². The fourth-order valence-electron chi connectivity index (χ4n) is 3.47. The first kappa shape index (κ1) is 21.7. The van der Waals surface area contributed by atoms with Crippen molar-refractivity contribution in [3.05, 3.63) is 76.2 Å². The third kappa shape index (κ3) is 4.87. The van der Waals surface area contributed by atoms with Gasteiger partial charge in [0.2, 0.25) is 5.91 Å². The van der Waals surface area contributed by atoms with Gasteiger partial charge in [-0.05, 0) is 36.4 Å². The van der Waals surface area contributed by atoms with Crippen LogP contribution in [0, 0.1) is 0 Å². The van der Waals surface area contributed by atoms with Crippen LogP contribution in [0.4, 0.5) is 5.69 Å². The zero-order valence-corrected chi connectivity index (χ0v) is 18.7. The number of amides is 1. The lowest BCUT2D eigenvalue weighted by Gasteiger charge is -2.19. The number of H-pyrrole nitrogens is 1. The molecule has 2 aromatic carbocycles. The maximum Gasteiger partial charge on any atom is 0.260 e. The summed E-state index contributed by atoms with van der Waals surface area (Å²) in [4.78, 5) is 35.5. The molecule has 0 saturated heterocycles. The van der Waals surface area contributed by atoms with Crippen molar-refractivity contribution in [2.45, 2.75) is 13.5 Å². The van der Waals surface area contributed by atoms with Gasteiger partial charge < -0.3 is 15.0 Å². The predicted molar refractivity (Wildman–Crippen MR) is 128 cm³/mol. The molecule has 2 heterocycles. The number of aromatic amines is 1. The Hall–Kier alpha value is -3.49. The molecule has 0 saturated carbocycles. The number of benzene rings is 2. The van der Waals surface area contributed by atoms with Gasteiger partial charge in [0.25, 0.3) is 5.56 Å². The molecule has 2 N–H and O–H groups in total. The summed E-state index contributed by atoms with van der Waals surface area (Å²) in [6, 6.07) is 17.0. The minimum atomic E-state index is -0.163. The zero-order valence-electron chi connectivity index (χ0n) is 17.9. The molecule has 2 aromatic heterocycles. The number of fused-ring (bicyclic) bond motifs is 1. The summed E-state index contributed by atoms with van der Waals surface area (Å²) in [5.41, 5.74) is 2.41. The van der Waals surface area contributed by atoms with Gasteiger partial charge in [-0.15, -0.1) is 11.3 Å². The van der Waals surface area contributed by atoms with Crippen molar-refractivity contribution >= 4 is 33.1 Å². The second-order valence-corrected chi connectivity index (χ2v) is 8.15. The maximum atomic E-state index is 12.8. The SMILES string of the molecule is CCN(CC(=O)Nc1ccc(OC)cc1)Cc1nc2scc(-c3ccccc3)c2c(=O)[nH]1. The molecule has 32 heavy (non-hydrogen) atoms. The van der Waals surface area contributed by atoms with E-state index < -0.39 is 0 Å². The van der Waals surface area contributed by atoms with E-state index >= 15 is 0 Å². The summed E-state index contributed by atoms with van der Waals surface area (Å²) in [5.74, 6) is 1.14. The van der Waals surface area contributed by atoms with Crippen LogP contribution in [0.3, 0.4) is 0 Å². The molecule has 8 heteroatoms. The molecule has 0 radical (unpaired) electrons. The maximum absolute atomic E-state index is 12.8. The second-order valence-electron chi connectivity index (χ2n) is 7.29. The van der Waals surface area contributed by atoms with Crippen molar-refractivity contribution in [2.75, 3.05) is 25.5 Å². The first-order valence-electron chi connectivity index (χ1n) is 10.3. The highest BCUT2D eigenvalue weighted by atomic mass is 32.1. The number of thiophene rings is 1. The highest BCUT2D eigenvalue weighted by Crippen LogP contribution is 2.30. The number of nitrogens with one attached hydrogen (secondary N) is 2. The van der Waals surface area contributed by atoms with Gasteiger partial charge in [-0.25, -0.2) is 4.98 Å². The summed E-state index contributed by atoms with van der Waals surface area (Å²) in [5, 5.41) is 5.45. The molecule has 0 spiro atoms. The quantitative estimate of drug-likeness (QED) is 0.423. The summed E-state index contributed by atoms with van der Waals surface area (Å²) in [6.45, 7) is 3.16. The lowest BCUT2D eigenvalue weighted by Crippen LogP contribution is -2.33. The summed E-state index contributed by atoms with van der Waals surface area (Å²) in [6.07, 6.45) is 0. The number of methoxy groups -OCH3 is 1. The van der Waals surface area contributed by atoms with Gasteiger partial charge in [0.05, 0.1) is 25.6 Å². The lowest BCUT2D eigenvalue weighted by molar-refractivity contribution is -0.117. The standard InChI is InChI=1S/C24H24N4O3S/c1-3-28(14-21(29)25-17-9-11-18(31-2)12-10-17)13-20-26-23(30)22-19(15-32-24(22)27-20)16-7-5-4-6-8-16/h4-12,15H,3,13-14H2,1-2H3,(H,25,29)(H,26,27,30). The third-order valence-electron chi connectivity index (χ3n) is 5.14. The smallest absolute Gasteiger partial charge is 0.260 e. The fourth-order valence-corrected chi connectivity index (χ4v) is 4.43. The van der Waals surface area contributed by atoms with E-state index in [1.165, 1.54) is 11.3 Å². The number of ether oxygens (including phenoxy) is 1. The highest BCUT2D eigenvalue weighted by molar-refractivity contribution is 7.17. The zero-order chi connectivity index (χ0) is 22.5. The van der Waals surface area contributed by atoms with E-state index in [2.05, 4.69) is 15.3 Å². The molecule has 4 aromatic rings. The molecular weight excluding hydrogens is 424 g/mol. The van der Waals surface area contributed by atoms with E-state index in [1.54, 1.807) is 31.4 Å². The number of hydrogen-bond acceptors (Lipinski definition) is 6. The summed E-state index contributed by atoms with van der Waals surface area (Å²) in [7, 11) is 1.60. The van der Waals surface area contributed by atoms with E-state index in [9.17, 15) is 9.59 Å². The largest absolute Gasteiger partial charge is 0.497 e. The summed E-state index contributed by atoms with van der Waals surface area (Å²) >= 11 is 1.45. The Morgan fingerprint density at radius 3 is 2.59 bits per heavy atom. The van der Waals surface area contributed by atoms with Crippen LogP contribution in [0.1, 0.15) is 12.7 Å². The number of carbonyl (C=O) groups excluding carboxylic acids is 1. The molecule has 0 fully saturated rings. The normalized spacial score (nSPS) is 11.1. The van der Waals surface area contributed by atoms with Gasteiger partial charge in [-0.3, -0.25) is 14.5 Å². The molecule has 7 nitrogen and oxygen atoms in total. The Balaban J connectivity index is 1.47. The van der Waals surface area contributed by atoms with Crippen LogP contribution < -0.4 is 15.6 Å². The minimum Gasteiger partial charge on any atom is -0.497 e. The molecule has 1 amide bonds. The van der Waals surface area contributed by atoms with Gasteiger partial charge in [0.1, 0.15) is 16.4 Å². The lowest BCUT2D eigenvalue weighted by atomic mass is 10.1. The molecule has 0 aliphatic rings. The van der Waals surface area contributed by atoms with E-state index in [1.807, 2.05) is 47.5 Å². The molecule has 0 aliphatic carbocycles. The highest BCUT2D eigenvalue weighted by Gasteiger charge is 2.16. The van der Waals surface area contributed by atoms with Crippen molar-refractivity contribution in [1.29, 1.82) is 0 Å². The van der Waals surface area contributed by atoms with Crippen molar-refractivity contribution in [2.24, 2.45) is 0 Å². The van der Waals surface area contributed by atoms with Crippen molar-refractivity contribution in [3.8, 4) is 16.9 Å². The number of likely N-dealkylation sites (N-methyl/N-ethyl adjacent to an activating group) is 1. The van der Waals surface area contributed by atoms with Gasteiger partial charge in [-0.1, -0.05) is 37.3 Å². The van der Waals surface area contributed by atoms with Gasteiger partial charge in [0.15, 0.2) is 0 Å². The molecular formula is C24H24N4O3S. The average molecular weight is 449 g/mol. The molecule has 0 bridgehead atoms. The number of rotatable bonds is 8. The van der Waals surface area contributed by atoms with E-state index in [0.717, 1.165) is 16.9 Å². The summed E-state index contributed by atoms with van der Waals surface area (Å²) < 4.78 is 5.13. The van der Waals surface area contributed by atoms with E-state index in [4.69, 9.17) is 4.74 Å². The Morgan fingerprint density at radius 1 is 1.16 bits per heavy atom. The number of hydrogen-bond donors (Lipinski definition) is 2.